The Morgan fingerprint density at radius 1 is 1.27 bits per heavy atom. The molecule has 1 aliphatic heterocycles. The van der Waals surface area contributed by atoms with E-state index in [4.69, 9.17) is 21.1 Å². The third-order valence-corrected chi connectivity index (χ3v) is 4.26. The minimum Gasteiger partial charge on any atom is -0.347 e. The van der Waals surface area contributed by atoms with E-state index < -0.39 is 0 Å². The van der Waals surface area contributed by atoms with E-state index in [0.717, 1.165) is 5.56 Å². The maximum Gasteiger partial charge on any atom is 0.183 e. The SMILES string of the molecule is ClCC1(I)COC(c2ccccc2)OC1. The van der Waals surface area contributed by atoms with Crippen molar-refractivity contribution in [1.29, 1.82) is 0 Å². The minimum atomic E-state index is -0.239. The molecule has 0 atom stereocenters. The highest BCUT2D eigenvalue weighted by atomic mass is 127. The molecule has 0 bridgehead atoms. The van der Waals surface area contributed by atoms with Crippen LogP contribution in [0.5, 0.6) is 0 Å². The summed E-state index contributed by atoms with van der Waals surface area (Å²) in [4.78, 5) is 0. The molecular weight excluding hydrogens is 326 g/mol. The average Bonchev–Trinajstić information content (AvgIpc) is 2.31. The number of rotatable bonds is 2. The van der Waals surface area contributed by atoms with Gasteiger partial charge in [0.15, 0.2) is 6.29 Å². The second-order valence-electron chi connectivity index (χ2n) is 3.65. The van der Waals surface area contributed by atoms with Gasteiger partial charge >= 0.3 is 0 Å². The lowest BCUT2D eigenvalue weighted by Gasteiger charge is -2.34. The van der Waals surface area contributed by atoms with Crippen LogP contribution in [0.3, 0.4) is 0 Å². The smallest absolute Gasteiger partial charge is 0.183 e. The molecule has 1 aromatic rings. The maximum absolute atomic E-state index is 5.85. The fraction of sp³-hybridized carbons (Fsp3) is 0.455. The summed E-state index contributed by atoms with van der Waals surface area (Å²) < 4.78 is 11.2. The molecule has 4 heteroatoms. The van der Waals surface area contributed by atoms with Crippen molar-refractivity contribution in [2.45, 2.75) is 9.71 Å². The molecule has 0 aliphatic carbocycles. The molecule has 0 unspecified atom stereocenters. The van der Waals surface area contributed by atoms with Gasteiger partial charge < -0.3 is 9.47 Å². The standard InChI is InChI=1S/C11H12ClIO2/c12-6-11(13)7-14-10(15-8-11)9-4-2-1-3-5-9/h1-5,10H,6-8H2. The summed E-state index contributed by atoms with van der Waals surface area (Å²) in [6.45, 7) is 1.27. The monoisotopic (exact) mass is 338 g/mol. The molecule has 1 aliphatic rings. The van der Waals surface area contributed by atoms with E-state index in [1.807, 2.05) is 30.3 Å². The fourth-order valence-electron chi connectivity index (χ4n) is 1.42. The van der Waals surface area contributed by atoms with Crippen molar-refractivity contribution < 1.29 is 9.47 Å². The zero-order valence-corrected chi connectivity index (χ0v) is 11.1. The van der Waals surface area contributed by atoms with E-state index in [2.05, 4.69) is 22.6 Å². The van der Waals surface area contributed by atoms with E-state index in [0.29, 0.717) is 19.1 Å². The normalized spacial score (nSPS) is 31.5. The van der Waals surface area contributed by atoms with Crippen LogP contribution < -0.4 is 0 Å². The Bertz CT molecular complexity index is 310. The first-order valence-corrected chi connectivity index (χ1v) is 6.38. The number of hydrogen-bond donors (Lipinski definition) is 0. The van der Waals surface area contributed by atoms with Crippen molar-refractivity contribution in [1.82, 2.24) is 0 Å². The largest absolute Gasteiger partial charge is 0.347 e. The first-order valence-electron chi connectivity index (χ1n) is 4.77. The summed E-state index contributed by atoms with van der Waals surface area (Å²) in [5.41, 5.74) is 1.06. The van der Waals surface area contributed by atoms with Gasteiger partial charge in [-0.15, -0.1) is 11.6 Å². The molecule has 0 radical (unpaired) electrons. The third kappa shape index (κ3) is 2.84. The Morgan fingerprint density at radius 2 is 1.87 bits per heavy atom. The summed E-state index contributed by atoms with van der Waals surface area (Å²) in [5.74, 6) is 0.551. The Balaban J connectivity index is 2.00. The Kier molecular flexibility index (Phi) is 3.88. The average molecular weight is 339 g/mol. The van der Waals surface area contributed by atoms with Gasteiger partial charge in [0.1, 0.15) is 0 Å². The van der Waals surface area contributed by atoms with Gasteiger partial charge in [-0.05, 0) is 0 Å². The van der Waals surface area contributed by atoms with Crippen LogP contribution in [-0.2, 0) is 9.47 Å². The molecule has 0 saturated carbocycles. The highest BCUT2D eigenvalue weighted by Crippen LogP contribution is 2.32. The third-order valence-electron chi connectivity index (χ3n) is 2.30. The topological polar surface area (TPSA) is 18.5 Å². The van der Waals surface area contributed by atoms with Gasteiger partial charge in [-0.25, -0.2) is 0 Å². The first kappa shape index (κ1) is 11.6. The van der Waals surface area contributed by atoms with Crippen molar-refractivity contribution in [3.63, 3.8) is 0 Å². The van der Waals surface area contributed by atoms with Crippen molar-refractivity contribution in [3.8, 4) is 0 Å². The summed E-state index contributed by atoms with van der Waals surface area (Å²) in [5, 5.41) is 0. The molecule has 2 rings (SSSR count). The number of ether oxygens (including phenoxy) is 2. The van der Waals surface area contributed by atoms with E-state index in [1.54, 1.807) is 0 Å². The van der Waals surface area contributed by atoms with Gasteiger partial charge in [0.25, 0.3) is 0 Å². The van der Waals surface area contributed by atoms with Crippen molar-refractivity contribution in [2.24, 2.45) is 0 Å². The highest BCUT2D eigenvalue weighted by Gasteiger charge is 2.34. The van der Waals surface area contributed by atoms with Gasteiger partial charge in [0.2, 0.25) is 0 Å². The Labute approximate surface area is 108 Å². The van der Waals surface area contributed by atoms with E-state index in [9.17, 15) is 0 Å². The highest BCUT2D eigenvalue weighted by molar-refractivity contribution is 14.1. The van der Waals surface area contributed by atoms with Gasteiger partial charge in [0.05, 0.1) is 16.6 Å². The molecule has 0 N–H and O–H groups in total. The quantitative estimate of drug-likeness (QED) is 0.609. The molecule has 1 saturated heterocycles. The van der Waals surface area contributed by atoms with Crippen LogP contribution in [0.1, 0.15) is 11.9 Å². The van der Waals surface area contributed by atoms with Crippen LogP contribution in [-0.4, -0.2) is 22.5 Å². The van der Waals surface area contributed by atoms with E-state index in [1.165, 1.54) is 0 Å². The molecule has 1 aromatic carbocycles. The van der Waals surface area contributed by atoms with Crippen molar-refractivity contribution in [2.75, 3.05) is 19.1 Å². The number of hydrogen-bond acceptors (Lipinski definition) is 2. The van der Waals surface area contributed by atoms with Gasteiger partial charge in [-0.2, -0.15) is 0 Å². The van der Waals surface area contributed by atoms with Crippen molar-refractivity contribution in [3.05, 3.63) is 35.9 Å². The second kappa shape index (κ2) is 4.99. The summed E-state index contributed by atoms with van der Waals surface area (Å²) in [6, 6.07) is 9.95. The van der Waals surface area contributed by atoms with Crippen LogP contribution in [0.25, 0.3) is 0 Å². The van der Waals surface area contributed by atoms with E-state index in [-0.39, 0.29) is 9.71 Å². The second-order valence-corrected chi connectivity index (χ2v) is 6.20. The lowest BCUT2D eigenvalue weighted by Crippen LogP contribution is -2.41. The zero-order chi connectivity index (χ0) is 10.7. The summed E-state index contributed by atoms with van der Waals surface area (Å²) in [7, 11) is 0. The number of halogens is 2. The van der Waals surface area contributed by atoms with Crippen LogP contribution in [0.4, 0.5) is 0 Å². The zero-order valence-electron chi connectivity index (χ0n) is 8.16. The van der Waals surface area contributed by atoms with Crippen LogP contribution in [0.15, 0.2) is 30.3 Å². The molecule has 15 heavy (non-hydrogen) atoms. The van der Waals surface area contributed by atoms with E-state index >= 15 is 0 Å². The minimum absolute atomic E-state index is 0.0788. The predicted molar refractivity (Wildman–Crippen MR) is 68.6 cm³/mol. The Hall–Kier alpha value is 0.160. The lowest BCUT2D eigenvalue weighted by molar-refractivity contribution is -0.190. The molecule has 1 heterocycles. The predicted octanol–water partition coefficient (Wildman–Crippen LogP) is 3.14. The molecule has 82 valence electrons. The molecule has 0 aromatic heterocycles. The molecule has 0 amide bonds. The number of benzene rings is 1. The summed E-state index contributed by atoms with van der Waals surface area (Å²) in [6.07, 6.45) is -0.239. The maximum atomic E-state index is 5.85. The fourth-order valence-corrected chi connectivity index (χ4v) is 1.93. The van der Waals surface area contributed by atoms with Crippen LogP contribution in [0.2, 0.25) is 0 Å². The summed E-state index contributed by atoms with van der Waals surface area (Å²) >= 11 is 8.15. The first-order chi connectivity index (χ1) is 7.23. The van der Waals surface area contributed by atoms with Gasteiger partial charge in [0, 0.05) is 11.4 Å². The van der Waals surface area contributed by atoms with Gasteiger partial charge in [-0.1, -0.05) is 52.9 Å². The molecule has 0 spiro atoms. The van der Waals surface area contributed by atoms with Gasteiger partial charge in [-0.3, -0.25) is 0 Å². The van der Waals surface area contributed by atoms with Crippen LogP contribution in [0, 0.1) is 0 Å². The molecule has 1 fully saturated rings. The molecule has 2 nitrogen and oxygen atoms in total. The van der Waals surface area contributed by atoms with Crippen molar-refractivity contribution >= 4 is 34.2 Å². The molecular formula is C11H12ClIO2. The lowest BCUT2D eigenvalue weighted by atomic mass is 10.1. The number of alkyl halides is 2. The Morgan fingerprint density at radius 3 is 2.40 bits per heavy atom. The van der Waals surface area contributed by atoms with Crippen LogP contribution >= 0.6 is 34.2 Å².